The molecule has 2 aromatic rings. The Bertz CT molecular complexity index is 717. The molecule has 0 bridgehead atoms. The van der Waals surface area contributed by atoms with Gasteiger partial charge in [0.15, 0.2) is 0 Å². The highest BCUT2D eigenvalue weighted by molar-refractivity contribution is 9.10. The van der Waals surface area contributed by atoms with Gasteiger partial charge >= 0.3 is 0 Å². The Kier molecular flexibility index (Phi) is 4.27. The lowest BCUT2D eigenvalue weighted by atomic mass is 10.2. The quantitative estimate of drug-likeness (QED) is 0.846. The van der Waals surface area contributed by atoms with Crippen molar-refractivity contribution in [3.63, 3.8) is 0 Å². The van der Waals surface area contributed by atoms with Gasteiger partial charge in [-0.1, -0.05) is 22.0 Å². The van der Waals surface area contributed by atoms with Crippen LogP contribution in [0.25, 0.3) is 0 Å². The average molecular weight is 406 g/mol. The van der Waals surface area contributed by atoms with Crippen LogP contribution in [0.4, 0.5) is 5.69 Å². The summed E-state index contributed by atoms with van der Waals surface area (Å²) in [6, 6.07) is 6.77. The fourth-order valence-electron chi connectivity index (χ4n) is 1.54. The van der Waals surface area contributed by atoms with Crippen molar-refractivity contribution in [3.05, 3.63) is 51.2 Å². The summed E-state index contributed by atoms with van der Waals surface area (Å²) in [5.41, 5.74) is 1.09. The van der Waals surface area contributed by atoms with Gasteiger partial charge in [0.1, 0.15) is 0 Å². The summed E-state index contributed by atoms with van der Waals surface area (Å²) in [5, 5.41) is 0. The number of aromatic nitrogens is 1. The summed E-state index contributed by atoms with van der Waals surface area (Å²) in [6.45, 7) is 1.75. The van der Waals surface area contributed by atoms with Gasteiger partial charge in [0.05, 0.1) is 16.8 Å². The second-order valence-electron chi connectivity index (χ2n) is 3.91. The lowest BCUT2D eigenvalue weighted by Crippen LogP contribution is -2.14. The van der Waals surface area contributed by atoms with Crippen molar-refractivity contribution in [2.75, 3.05) is 4.72 Å². The predicted molar refractivity (Wildman–Crippen MR) is 81.6 cm³/mol. The molecule has 100 valence electrons. The van der Waals surface area contributed by atoms with E-state index in [4.69, 9.17) is 0 Å². The number of aryl methyl sites for hydroxylation is 1. The van der Waals surface area contributed by atoms with Gasteiger partial charge in [-0.3, -0.25) is 9.71 Å². The molecule has 0 saturated carbocycles. The van der Waals surface area contributed by atoms with E-state index in [9.17, 15) is 8.42 Å². The molecule has 19 heavy (non-hydrogen) atoms. The minimum atomic E-state index is -3.62. The molecule has 0 aliphatic heterocycles. The summed E-state index contributed by atoms with van der Waals surface area (Å²) in [7, 11) is -3.62. The van der Waals surface area contributed by atoms with Gasteiger partial charge < -0.3 is 0 Å². The lowest BCUT2D eigenvalue weighted by Gasteiger charge is -2.10. The molecular weight excluding hydrogens is 396 g/mol. The number of hydrogen-bond donors (Lipinski definition) is 1. The van der Waals surface area contributed by atoms with Crippen LogP contribution in [0.3, 0.4) is 0 Å². The fourth-order valence-corrected chi connectivity index (χ4v) is 3.72. The number of rotatable bonds is 3. The average Bonchev–Trinajstić information content (AvgIpc) is 2.31. The van der Waals surface area contributed by atoms with Crippen LogP contribution in [0.5, 0.6) is 0 Å². The van der Waals surface area contributed by atoms with E-state index in [2.05, 4.69) is 41.6 Å². The van der Waals surface area contributed by atoms with Crippen LogP contribution in [0.15, 0.2) is 50.5 Å². The summed E-state index contributed by atoms with van der Waals surface area (Å²) in [6.07, 6.45) is 3.04. The molecule has 1 heterocycles. The topological polar surface area (TPSA) is 59.1 Å². The number of nitrogens with one attached hydrogen (secondary N) is 1. The lowest BCUT2D eigenvalue weighted by molar-refractivity contribution is 0.600. The maximum Gasteiger partial charge on any atom is 0.262 e. The Balaban J connectivity index is 2.40. The van der Waals surface area contributed by atoms with Gasteiger partial charge in [0.2, 0.25) is 0 Å². The van der Waals surface area contributed by atoms with E-state index in [-0.39, 0.29) is 4.90 Å². The first-order chi connectivity index (χ1) is 8.88. The highest BCUT2D eigenvalue weighted by Crippen LogP contribution is 2.23. The molecule has 0 spiro atoms. The first kappa shape index (κ1) is 14.5. The smallest absolute Gasteiger partial charge is 0.262 e. The zero-order valence-corrected chi connectivity index (χ0v) is 13.9. The fraction of sp³-hybridized carbons (Fsp3) is 0.0833. The van der Waals surface area contributed by atoms with Crippen molar-refractivity contribution in [2.45, 2.75) is 11.8 Å². The second kappa shape index (κ2) is 5.60. The van der Waals surface area contributed by atoms with E-state index >= 15 is 0 Å². The van der Waals surface area contributed by atoms with Crippen LogP contribution in [0.2, 0.25) is 0 Å². The van der Waals surface area contributed by atoms with Crippen LogP contribution in [0.1, 0.15) is 5.56 Å². The van der Waals surface area contributed by atoms with Crippen molar-refractivity contribution in [3.8, 4) is 0 Å². The molecule has 0 aliphatic rings. The number of halogens is 2. The summed E-state index contributed by atoms with van der Waals surface area (Å²) >= 11 is 6.52. The van der Waals surface area contributed by atoms with Crippen molar-refractivity contribution in [1.82, 2.24) is 4.98 Å². The summed E-state index contributed by atoms with van der Waals surface area (Å²) < 4.78 is 28.5. The van der Waals surface area contributed by atoms with Crippen molar-refractivity contribution >= 4 is 47.6 Å². The number of sulfonamides is 1. The Morgan fingerprint density at radius 1 is 1.11 bits per heavy atom. The molecule has 4 nitrogen and oxygen atoms in total. The molecule has 2 rings (SSSR count). The third-order valence-electron chi connectivity index (χ3n) is 2.40. The molecule has 0 unspecified atom stereocenters. The number of pyridine rings is 1. The monoisotopic (exact) mass is 404 g/mol. The molecular formula is C12H10Br2N2O2S. The van der Waals surface area contributed by atoms with E-state index < -0.39 is 10.0 Å². The molecule has 1 N–H and O–H groups in total. The molecule has 0 fully saturated rings. The van der Waals surface area contributed by atoms with Crippen molar-refractivity contribution in [1.29, 1.82) is 0 Å². The van der Waals surface area contributed by atoms with Crippen molar-refractivity contribution in [2.24, 2.45) is 0 Å². The molecule has 1 aromatic heterocycles. The molecule has 7 heteroatoms. The molecule has 0 saturated heterocycles. The highest BCUT2D eigenvalue weighted by atomic mass is 79.9. The largest absolute Gasteiger partial charge is 0.278 e. The van der Waals surface area contributed by atoms with E-state index in [0.29, 0.717) is 20.2 Å². The normalized spacial score (nSPS) is 11.3. The molecule has 0 aliphatic carbocycles. The zero-order valence-electron chi connectivity index (χ0n) is 9.89. The molecule has 0 radical (unpaired) electrons. The van der Waals surface area contributed by atoms with E-state index in [1.807, 2.05) is 0 Å². The number of benzene rings is 1. The summed E-state index contributed by atoms with van der Waals surface area (Å²) in [5.74, 6) is 0. The van der Waals surface area contributed by atoms with Crippen LogP contribution in [0, 0.1) is 6.92 Å². The number of hydrogen-bond acceptors (Lipinski definition) is 3. The van der Waals surface area contributed by atoms with Gasteiger partial charge in [0, 0.05) is 15.1 Å². The van der Waals surface area contributed by atoms with Gasteiger partial charge in [-0.15, -0.1) is 0 Å². The standard InChI is InChI=1S/C12H10Br2N2O2S/c1-8-2-3-9(13)5-12(8)19(17,18)16-11-4-10(14)6-15-7-11/h2-7,16H,1H3. The minimum absolute atomic E-state index is 0.238. The first-order valence-electron chi connectivity index (χ1n) is 5.28. The third kappa shape index (κ3) is 3.55. The Hall–Kier alpha value is -0.920. The third-order valence-corrected chi connectivity index (χ3v) is 4.85. The minimum Gasteiger partial charge on any atom is -0.278 e. The Morgan fingerprint density at radius 3 is 2.53 bits per heavy atom. The number of anilines is 1. The van der Waals surface area contributed by atoms with Crippen LogP contribution < -0.4 is 4.72 Å². The first-order valence-corrected chi connectivity index (χ1v) is 8.35. The van der Waals surface area contributed by atoms with Gasteiger partial charge in [-0.05, 0) is 46.6 Å². The van der Waals surface area contributed by atoms with Gasteiger partial charge in [0.25, 0.3) is 10.0 Å². The van der Waals surface area contributed by atoms with E-state index in [1.165, 1.54) is 6.20 Å². The van der Waals surface area contributed by atoms with Crippen LogP contribution in [-0.4, -0.2) is 13.4 Å². The second-order valence-corrected chi connectivity index (χ2v) is 7.39. The molecule has 0 atom stereocenters. The zero-order chi connectivity index (χ0) is 14.0. The number of nitrogens with zero attached hydrogens (tertiary/aromatic N) is 1. The summed E-state index contributed by atoms with van der Waals surface area (Å²) in [4.78, 5) is 4.16. The Labute approximate surface area is 128 Å². The van der Waals surface area contributed by atoms with Gasteiger partial charge in [-0.25, -0.2) is 8.42 Å². The SMILES string of the molecule is Cc1ccc(Br)cc1S(=O)(=O)Nc1cncc(Br)c1. The molecule has 0 amide bonds. The van der Waals surface area contributed by atoms with Crippen LogP contribution >= 0.6 is 31.9 Å². The van der Waals surface area contributed by atoms with E-state index in [0.717, 1.165) is 0 Å². The van der Waals surface area contributed by atoms with Gasteiger partial charge in [-0.2, -0.15) is 0 Å². The Morgan fingerprint density at radius 2 is 1.84 bits per heavy atom. The van der Waals surface area contributed by atoms with Crippen LogP contribution in [-0.2, 0) is 10.0 Å². The predicted octanol–water partition coefficient (Wildman–Crippen LogP) is 3.72. The molecule has 1 aromatic carbocycles. The maximum atomic E-state index is 12.3. The van der Waals surface area contributed by atoms with E-state index in [1.54, 1.807) is 37.4 Å². The maximum absolute atomic E-state index is 12.3. The highest BCUT2D eigenvalue weighted by Gasteiger charge is 2.17. The van der Waals surface area contributed by atoms with Crippen molar-refractivity contribution < 1.29 is 8.42 Å².